The molecule has 2 heterocycles. The highest BCUT2D eigenvalue weighted by Gasteiger charge is 2.54. The van der Waals surface area contributed by atoms with Crippen molar-refractivity contribution in [2.24, 2.45) is 17.8 Å². The lowest BCUT2D eigenvalue weighted by molar-refractivity contribution is -0.140. The van der Waals surface area contributed by atoms with Gasteiger partial charge in [-0.05, 0) is 54.8 Å². The van der Waals surface area contributed by atoms with Crippen molar-refractivity contribution in [2.45, 2.75) is 38.8 Å². The van der Waals surface area contributed by atoms with Crippen LogP contribution in [0, 0.1) is 17.8 Å². The van der Waals surface area contributed by atoms with Crippen molar-refractivity contribution in [3.8, 4) is 5.75 Å². The van der Waals surface area contributed by atoms with Crippen molar-refractivity contribution in [3.63, 3.8) is 0 Å². The first-order valence-corrected chi connectivity index (χ1v) is 13.1. The first-order valence-electron chi connectivity index (χ1n) is 12.2. The van der Waals surface area contributed by atoms with Crippen LogP contribution in [0.3, 0.4) is 0 Å². The number of imide groups is 1. The smallest absolute Gasteiger partial charge is 0.234 e. The van der Waals surface area contributed by atoms with Crippen LogP contribution < -0.4 is 0 Å². The average Bonchev–Trinajstić information content (AvgIpc) is 3.46. The Morgan fingerprint density at radius 1 is 1.22 bits per heavy atom. The molecule has 0 bridgehead atoms. The standard InChI is InChI=1S/C28H33NO6S/c1-17(12-18-6-3-4-8-23(18)31)9-10-24(32)25-19(16-35-2)13-21-26(22(25)15-30)28(34)29(27(21)33)14-20-7-5-11-36-20/h3-8,11-12,21-22,24,26,30-32H,9-10,13-16H2,1-2H3/b17-12+/t21-,22+,24-,26-/m1/s1. The van der Waals surface area contributed by atoms with Gasteiger partial charge in [0.25, 0.3) is 0 Å². The summed E-state index contributed by atoms with van der Waals surface area (Å²) in [6.07, 6.45) is 2.26. The van der Waals surface area contributed by atoms with Crippen molar-refractivity contribution >= 4 is 29.2 Å². The van der Waals surface area contributed by atoms with Crippen molar-refractivity contribution in [1.82, 2.24) is 4.90 Å². The van der Waals surface area contributed by atoms with E-state index in [-0.39, 0.29) is 37.3 Å². The van der Waals surface area contributed by atoms with Crippen LogP contribution in [0.2, 0.25) is 0 Å². The molecule has 0 radical (unpaired) electrons. The summed E-state index contributed by atoms with van der Waals surface area (Å²) >= 11 is 1.49. The second-order valence-electron chi connectivity index (χ2n) is 9.56. The summed E-state index contributed by atoms with van der Waals surface area (Å²) in [6.45, 7) is 2.06. The van der Waals surface area contributed by atoms with Crippen molar-refractivity contribution in [3.05, 3.63) is 68.9 Å². The molecule has 1 aliphatic carbocycles. The van der Waals surface area contributed by atoms with E-state index in [1.165, 1.54) is 16.2 Å². The average molecular weight is 512 g/mol. The first-order chi connectivity index (χ1) is 17.3. The van der Waals surface area contributed by atoms with Gasteiger partial charge in [0.15, 0.2) is 0 Å². The number of carbonyl (C=O) groups is 2. The number of aliphatic hydroxyl groups excluding tert-OH is 2. The number of allylic oxidation sites excluding steroid dienone is 1. The van der Waals surface area contributed by atoms with Crippen molar-refractivity contribution in [2.75, 3.05) is 20.3 Å². The molecule has 3 N–H and O–H groups in total. The van der Waals surface area contributed by atoms with Gasteiger partial charge in [0.05, 0.1) is 37.7 Å². The number of carbonyl (C=O) groups excluding carboxylic acids is 2. The van der Waals surface area contributed by atoms with E-state index in [1.807, 2.05) is 42.6 Å². The van der Waals surface area contributed by atoms with Crippen LogP contribution in [0.4, 0.5) is 0 Å². The lowest BCUT2D eigenvalue weighted by atomic mass is 9.68. The fourth-order valence-electron chi connectivity index (χ4n) is 5.51. The van der Waals surface area contributed by atoms with Crippen LogP contribution in [-0.2, 0) is 20.9 Å². The number of ether oxygens (including phenoxy) is 1. The molecule has 2 aromatic rings. The molecule has 192 valence electrons. The molecule has 2 amide bonds. The van der Waals surface area contributed by atoms with E-state index >= 15 is 0 Å². The predicted molar refractivity (Wildman–Crippen MR) is 138 cm³/mol. The Morgan fingerprint density at radius 2 is 2.00 bits per heavy atom. The number of para-hydroxylation sites is 1. The zero-order valence-corrected chi connectivity index (χ0v) is 21.4. The van der Waals surface area contributed by atoms with Gasteiger partial charge >= 0.3 is 0 Å². The minimum absolute atomic E-state index is 0.192. The summed E-state index contributed by atoms with van der Waals surface area (Å²) in [5.41, 5.74) is 3.09. The molecule has 8 heteroatoms. The number of nitrogens with zero attached hydrogens (tertiary/aromatic N) is 1. The number of hydrogen-bond donors (Lipinski definition) is 3. The highest BCUT2D eigenvalue weighted by molar-refractivity contribution is 7.09. The number of rotatable bonds is 10. The summed E-state index contributed by atoms with van der Waals surface area (Å²) in [7, 11) is 1.56. The Morgan fingerprint density at radius 3 is 2.67 bits per heavy atom. The summed E-state index contributed by atoms with van der Waals surface area (Å²) in [6, 6.07) is 10.8. The zero-order chi connectivity index (χ0) is 25.8. The van der Waals surface area contributed by atoms with Crippen molar-refractivity contribution < 1.29 is 29.6 Å². The van der Waals surface area contributed by atoms with Gasteiger partial charge < -0.3 is 20.1 Å². The number of likely N-dealkylation sites (tertiary alicyclic amines) is 1. The second kappa shape index (κ2) is 11.5. The number of phenolic OH excluding ortho intramolecular Hbond substituents is 1. The Bertz CT molecular complexity index is 1150. The molecule has 1 aromatic carbocycles. The molecule has 7 nitrogen and oxygen atoms in total. The van der Waals surface area contributed by atoms with Crippen LogP contribution in [0.5, 0.6) is 5.75 Å². The normalized spacial score (nSPS) is 23.4. The number of amides is 2. The zero-order valence-electron chi connectivity index (χ0n) is 20.6. The van der Waals surface area contributed by atoms with E-state index in [2.05, 4.69) is 0 Å². The van der Waals surface area contributed by atoms with E-state index < -0.39 is 23.9 Å². The molecule has 36 heavy (non-hydrogen) atoms. The number of hydrogen-bond acceptors (Lipinski definition) is 7. The number of thiophene rings is 1. The molecule has 1 aromatic heterocycles. The number of aliphatic hydroxyl groups is 2. The van der Waals surface area contributed by atoms with Crippen LogP contribution >= 0.6 is 11.3 Å². The Hall–Kier alpha value is -2.78. The monoisotopic (exact) mass is 511 g/mol. The van der Waals surface area contributed by atoms with Gasteiger partial charge in [0.1, 0.15) is 5.75 Å². The van der Waals surface area contributed by atoms with Gasteiger partial charge in [-0.3, -0.25) is 14.5 Å². The molecule has 4 atom stereocenters. The summed E-state index contributed by atoms with van der Waals surface area (Å²) in [5.74, 6) is -2.20. The number of methoxy groups -OCH3 is 1. The Balaban J connectivity index is 1.55. The van der Waals surface area contributed by atoms with Gasteiger partial charge in [-0.25, -0.2) is 0 Å². The summed E-state index contributed by atoms with van der Waals surface area (Å²) < 4.78 is 5.40. The number of phenols is 1. The number of fused-ring (bicyclic) bond motifs is 1. The quantitative estimate of drug-likeness (QED) is 0.331. The molecule has 2 aliphatic rings. The van der Waals surface area contributed by atoms with Gasteiger partial charge in [-0.15, -0.1) is 11.3 Å². The Labute approximate surface area is 215 Å². The van der Waals surface area contributed by atoms with Crippen LogP contribution in [0.1, 0.15) is 36.6 Å². The molecular weight excluding hydrogens is 478 g/mol. The third-order valence-corrected chi connectivity index (χ3v) is 8.06. The highest BCUT2D eigenvalue weighted by atomic mass is 32.1. The molecule has 0 saturated carbocycles. The molecule has 1 aliphatic heterocycles. The third-order valence-electron chi connectivity index (χ3n) is 7.19. The van der Waals surface area contributed by atoms with Crippen LogP contribution in [-0.4, -0.2) is 58.5 Å². The lowest BCUT2D eigenvalue weighted by Gasteiger charge is -2.36. The maximum absolute atomic E-state index is 13.4. The predicted octanol–water partition coefficient (Wildman–Crippen LogP) is 3.75. The maximum Gasteiger partial charge on any atom is 0.234 e. The molecule has 0 unspecified atom stereocenters. The molecule has 1 saturated heterocycles. The van der Waals surface area contributed by atoms with Gasteiger partial charge in [-0.2, -0.15) is 0 Å². The largest absolute Gasteiger partial charge is 0.507 e. The van der Waals surface area contributed by atoms with E-state index in [0.29, 0.717) is 30.4 Å². The van der Waals surface area contributed by atoms with Gasteiger partial charge in [-0.1, -0.05) is 35.9 Å². The van der Waals surface area contributed by atoms with Crippen LogP contribution in [0.15, 0.2) is 58.5 Å². The summed E-state index contributed by atoms with van der Waals surface area (Å²) in [4.78, 5) is 28.9. The number of benzene rings is 1. The maximum atomic E-state index is 13.4. The highest BCUT2D eigenvalue weighted by Crippen LogP contribution is 2.46. The first kappa shape index (κ1) is 26.3. The van der Waals surface area contributed by atoms with E-state index in [1.54, 1.807) is 19.2 Å². The molecule has 4 rings (SSSR count). The fourth-order valence-corrected chi connectivity index (χ4v) is 6.21. The second-order valence-corrected chi connectivity index (χ2v) is 10.6. The molecular formula is C28H33NO6S. The topological polar surface area (TPSA) is 107 Å². The number of aromatic hydroxyl groups is 1. The fraction of sp³-hybridized carbons (Fsp3) is 0.429. The van der Waals surface area contributed by atoms with Crippen molar-refractivity contribution in [1.29, 1.82) is 0 Å². The lowest BCUT2D eigenvalue weighted by Crippen LogP contribution is -2.39. The molecule has 0 spiro atoms. The minimum Gasteiger partial charge on any atom is -0.507 e. The third kappa shape index (κ3) is 5.32. The van der Waals surface area contributed by atoms with Crippen LogP contribution in [0.25, 0.3) is 6.08 Å². The summed E-state index contributed by atoms with van der Waals surface area (Å²) in [5, 5.41) is 33.6. The minimum atomic E-state index is -0.893. The van der Waals surface area contributed by atoms with E-state index in [9.17, 15) is 24.9 Å². The SMILES string of the molecule is COCC1=C([C@H](O)CC/C(C)=C/c2ccccc2O)[C@H](CO)[C@@H]2C(=O)N(Cc3cccs3)C(=O)[C@@H]2C1. The van der Waals surface area contributed by atoms with E-state index in [4.69, 9.17) is 4.74 Å². The van der Waals surface area contributed by atoms with E-state index in [0.717, 1.165) is 16.0 Å². The van der Waals surface area contributed by atoms with Gasteiger partial charge in [0, 0.05) is 23.5 Å². The Kier molecular flexibility index (Phi) is 8.41. The molecule has 1 fully saturated rings. The van der Waals surface area contributed by atoms with Gasteiger partial charge in [0.2, 0.25) is 11.8 Å².